The van der Waals surface area contributed by atoms with Gasteiger partial charge in [-0.25, -0.2) is 8.42 Å². The molecule has 0 aliphatic heterocycles. The van der Waals surface area contributed by atoms with Crippen LogP contribution in [-0.2, 0) is 51.6 Å². The first-order valence-corrected chi connectivity index (χ1v) is 17.8. The van der Waals surface area contributed by atoms with Gasteiger partial charge >= 0.3 is 11.9 Å². The number of benzene rings is 2. The molecule has 50 heavy (non-hydrogen) atoms. The predicted octanol–water partition coefficient (Wildman–Crippen LogP) is 2.67. The molecule has 2 aromatic carbocycles. The number of hydrogen-bond acceptors (Lipinski definition) is 11. The molecule has 0 bridgehead atoms. The second-order valence-electron chi connectivity index (χ2n) is 11.9. The molecule has 3 rings (SSSR count). The Morgan fingerprint density at radius 1 is 0.940 bits per heavy atom. The van der Waals surface area contributed by atoms with E-state index in [2.05, 4.69) is 31.3 Å². The van der Waals surface area contributed by atoms with Crippen LogP contribution in [0.1, 0.15) is 56.1 Å². The lowest BCUT2D eigenvalue weighted by Crippen LogP contribution is -2.44. The number of aromatic nitrogens is 4. The number of amides is 2. The highest BCUT2D eigenvalue weighted by atomic mass is 35.5. The molecule has 4 atom stereocenters. The second kappa shape index (κ2) is 18.7. The number of carboxylic acids is 1. The summed E-state index contributed by atoms with van der Waals surface area (Å²) in [6, 6.07) is 14.7. The summed E-state index contributed by atoms with van der Waals surface area (Å²) >= 11 is 5.99. The third-order valence-electron chi connectivity index (χ3n) is 7.56. The molecule has 0 radical (unpaired) electrons. The molecule has 0 aliphatic carbocycles. The summed E-state index contributed by atoms with van der Waals surface area (Å²) in [5, 5.41) is 28.2. The molecule has 3 aromatic rings. The van der Waals surface area contributed by atoms with Crippen LogP contribution in [0.4, 0.5) is 0 Å². The van der Waals surface area contributed by atoms with Crippen molar-refractivity contribution in [2.45, 2.75) is 58.2 Å². The molecule has 4 N–H and O–H groups in total. The number of sulfone groups is 1. The summed E-state index contributed by atoms with van der Waals surface area (Å²) in [5.41, 5.74) is 1.07. The van der Waals surface area contributed by atoms with E-state index in [4.69, 9.17) is 16.3 Å². The molecule has 0 unspecified atom stereocenters. The zero-order valence-corrected chi connectivity index (χ0v) is 29.2. The number of aromatic amines is 1. The van der Waals surface area contributed by atoms with Crippen molar-refractivity contribution in [3.63, 3.8) is 0 Å². The lowest BCUT2D eigenvalue weighted by atomic mass is 9.86. The van der Waals surface area contributed by atoms with Crippen molar-refractivity contribution in [2.75, 3.05) is 6.26 Å². The van der Waals surface area contributed by atoms with Gasteiger partial charge in [-0.15, -0.1) is 10.2 Å². The summed E-state index contributed by atoms with van der Waals surface area (Å²) in [5.74, 6) is -6.76. The lowest BCUT2D eigenvalue weighted by Gasteiger charge is -2.26. The number of carboxylic acid groups (broad SMARTS) is 1. The second-order valence-corrected chi connectivity index (χ2v) is 14.5. The third-order valence-corrected chi connectivity index (χ3v) is 9.37. The van der Waals surface area contributed by atoms with Crippen molar-refractivity contribution in [3.05, 3.63) is 88.1 Å². The van der Waals surface area contributed by atoms with Crippen LogP contribution >= 0.6 is 11.6 Å². The van der Waals surface area contributed by atoms with E-state index in [1.165, 1.54) is 0 Å². The summed E-state index contributed by atoms with van der Waals surface area (Å²) in [6.07, 6.45) is 0.332. The van der Waals surface area contributed by atoms with Crippen LogP contribution in [0.15, 0.2) is 71.1 Å². The first kappa shape index (κ1) is 39.5. The van der Waals surface area contributed by atoms with Crippen LogP contribution in [-0.4, -0.2) is 76.0 Å². The molecule has 268 valence electrons. The van der Waals surface area contributed by atoms with Crippen LogP contribution in [0.3, 0.4) is 0 Å². The van der Waals surface area contributed by atoms with Gasteiger partial charge < -0.3 is 20.5 Å². The van der Waals surface area contributed by atoms with Crippen LogP contribution in [0.25, 0.3) is 0 Å². The fourth-order valence-electron chi connectivity index (χ4n) is 4.88. The molecule has 0 fully saturated rings. The number of nitrogens with one attached hydrogen (secondary N) is 3. The Hall–Kier alpha value is -4.96. The van der Waals surface area contributed by atoms with Gasteiger partial charge in [-0.05, 0) is 23.1 Å². The highest BCUT2D eigenvalue weighted by Gasteiger charge is 2.34. The summed E-state index contributed by atoms with van der Waals surface area (Å²) < 4.78 is 28.7. The molecule has 0 saturated carbocycles. The smallest absolute Gasteiger partial charge is 0.306 e. The molecule has 0 spiro atoms. The largest absolute Gasteiger partial charge is 0.481 e. The highest BCUT2D eigenvalue weighted by molar-refractivity contribution is 7.96. The van der Waals surface area contributed by atoms with E-state index in [1.54, 1.807) is 74.5 Å². The number of hydrogen-bond donors (Lipinski definition) is 4. The Kier molecular flexibility index (Phi) is 14.8. The van der Waals surface area contributed by atoms with Crippen molar-refractivity contribution in [1.82, 2.24) is 31.3 Å². The first-order chi connectivity index (χ1) is 23.6. The molecule has 1 heterocycles. The van der Waals surface area contributed by atoms with Gasteiger partial charge in [-0.1, -0.05) is 91.3 Å². The van der Waals surface area contributed by atoms with Crippen molar-refractivity contribution in [2.24, 2.45) is 17.8 Å². The maximum atomic E-state index is 13.9. The Morgan fingerprint density at radius 3 is 2.14 bits per heavy atom. The molecule has 17 heteroatoms. The maximum Gasteiger partial charge on any atom is 0.306 e. The number of halogens is 1. The van der Waals surface area contributed by atoms with Gasteiger partial charge in [0.1, 0.15) is 17.0 Å². The number of rotatable bonds is 19. The molecule has 0 aliphatic rings. The number of ether oxygens (including phenoxy) is 1. The Bertz CT molecular complexity index is 1750. The summed E-state index contributed by atoms with van der Waals surface area (Å²) in [6.45, 7) is 3.35. The number of ketones is 1. The molecular weight excluding hydrogens is 692 g/mol. The van der Waals surface area contributed by atoms with Gasteiger partial charge in [0, 0.05) is 25.0 Å². The molecule has 15 nitrogen and oxygen atoms in total. The van der Waals surface area contributed by atoms with Crippen LogP contribution in [0, 0.1) is 17.8 Å². The number of Topliss-reactive ketones (excluding diaryl/α,β-unsaturated/α-hetero) is 1. The number of carbonyl (C=O) groups is 5. The Labute approximate surface area is 294 Å². The number of aliphatic carboxylic acids is 1. The summed E-state index contributed by atoms with van der Waals surface area (Å²) in [7, 11) is -3.81. The van der Waals surface area contributed by atoms with Crippen molar-refractivity contribution in [1.29, 1.82) is 0 Å². The van der Waals surface area contributed by atoms with Crippen molar-refractivity contribution < 1.29 is 42.2 Å². The van der Waals surface area contributed by atoms with Gasteiger partial charge in [-0.3, -0.25) is 24.0 Å². The molecular formula is C33H39ClN6O9S. The normalized spacial score (nSPS) is 14.2. The topological polar surface area (TPSA) is 227 Å². The summed E-state index contributed by atoms with van der Waals surface area (Å²) in [4.78, 5) is 65.4. The monoisotopic (exact) mass is 730 g/mol. The van der Waals surface area contributed by atoms with E-state index in [0.717, 1.165) is 12.3 Å². The van der Waals surface area contributed by atoms with Gasteiger partial charge in [0.05, 0.1) is 24.8 Å². The van der Waals surface area contributed by atoms with Crippen molar-refractivity contribution >= 4 is 51.0 Å². The minimum Gasteiger partial charge on any atom is -0.481 e. The van der Waals surface area contributed by atoms with E-state index in [9.17, 15) is 37.5 Å². The lowest BCUT2D eigenvalue weighted by molar-refractivity contribution is -0.150. The van der Waals surface area contributed by atoms with E-state index in [0.29, 0.717) is 11.1 Å². The standard InChI is InChI=1S/C33H39ClN6O9S/c1-20(2)25(33(46)35-24(16-27(34)50(3,47)48)17-28-37-39-40-38-28)18-26(41)31(22-12-8-5-9-13-22)36-32(45)23(14-29(42)43)15-30(44)49-19-21-10-6-4-7-11-21/h4-13,16,20,23-25,31H,14-15,17-19H2,1-3H3,(H,35,46)(H,36,45)(H,42,43)(H,37,38,39,40)/b27-16+/t23-,24-,25+,31+/m1/s1. The Balaban J connectivity index is 1.81. The van der Waals surface area contributed by atoms with Crippen LogP contribution in [0.5, 0.6) is 0 Å². The number of H-pyrrole nitrogens is 1. The van der Waals surface area contributed by atoms with Crippen LogP contribution < -0.4 is 10.6 Å². The fourth-order valence-corrected chi connectivity index (χ4v) is 5.44. The van der Waals surface area contributed by atoms with Gasteiger partial charge in [0.15, 0.2) is 21.4 Å². The number of carbonyl (C=O) groups excluding carboxylic acids is 4. The average molecular weight is 731 g/mol. The minimum absolute atomic E-state index is 0.0723. The van der Waals surface area contributed by atoms with E-state index in [-0.39, 0.29) is 25.3 Å². The average Bonchev–Trinajstić information content (AvgIpc) is 3.57. The number of nitrogens with zero attached hydrogens (tertiary/aromatic N) is 3. The van der Waals surface area contributed by atoms with Crippen LogP contribution in [0.2, 0.25) is 0 Å². The van der Waals surface area contributed by atoms with Gasteiger partial charge in [0.25, 0.3) is 0 Å². The number of tetrazole rings is 1. The zero-order valence-electron chi connectivity index (χ0n) is 27.6. The SMILES string of the molecule is CC(C)[C@H](CC(=O)[C@@H](NC(=O)[C@H](CC(=O)O)CC(=O)OCc1ccccc1)c1ccccc1)C(=O)N[C@H](/C=C(\Cl)S(C)(=O)=O)Cc1nn[nH]n1. The van der Waals surface area contributed by atoms with E-state index in [1.807, 2.05) is 0 Å². The van der Waals surface area contributed by atoms with Gasteiger partial charge in [-0.2, -0.15) is 5.21 Å². The fraction of sp³-hybridized carbons (Fsp3) is 0.394. The molecule has 2 amide bonds. The van der Waals surface area contributed by atoms with Gasteiger partial charge in [0.2, 0.25) is 11.8 Å². The molecule has 0 saturated heterocycles. The zero-order chi connectivity index (χ0) is 36.8. The minimum atomic E-state index is -3.81. The predicted molar refractivity (Wildman–Crippen MR) is 180 cm³/mol. The first-order valence-electron chi connectivity index (χ1n) is 15.5. The van der Waals surface area contributed by atoms with E-state index >= 15 is 0 Å². The maximum absolute atomic E-state index is 13.9. The highest BCUT2D eigenvalue weighted by Crippen LogP contribution is 2.25. The Morgan fingerprint density at radius 2 is 1.58 bits per heavy atom. The van der Waals surface area contributed by atoms with E-state index < -0.39 is 86.4 Å². The quantitative estimate of drug-likeness (QED) is 0.131. The number of esters is 1. The van der Waals surface area contributed by atoms with Crippen molar-refractivity contribution in [3.8, 4) is 0 Å². The third kappa shape index (κ3) is 12.8. The molecule has 1 aromatic heterocycles.